The van der Waals surface area contributed by atoms with Crippen molar-refractivity contribution in [1.82, 2.24) is 10.3 Å². The molecule has 1 heterocycles. The average Bonchev–Trinajstić information content (AvgIpc) is 2.80. The molecule has 2 amide bonds. The maximum absolute atomic E-state index is 11.7. The molecular weight excluding hydrogens is 338 g/mol. The molecule has 8 heteroatoms. The summed E-state index contributed by atoms with van der Waals surface area (Å²) in [4.78, 5) is 27.4. The van der Waals surface area contributed by atoms with E-state index in [4.69, 9.17) is 16.7 Å². The number of urea groups is 1. The van der Waals surface area contributed by atoms with Gasteiger partial charge in [-0.05, 0) is 18.6 Å². The predicted molar refractivity (Wildman–Crippen MR) is 90.4 cm³/mol. The van der Waals surface area contributed by atoms with E-state index in [1.807, 2.05) is 31.2 Å². The Morgan fingerprint density at radius 3 is 2.78 bits per heavy atom. The van der Waals surface area contributed by atoms with Gasteiger partial charge < -0.3 is 10.4 Å². The molecule has 0 aliphatic rings. The first-order valence-corrected chi connectivity index (χ1v) is 8.11. The number of carbonyl (C=O) groups is 2. The number of aryl methyl sites for hydroxylation is 1. The third-order valence-electron chi connectivity index (χ3n) is 3.05. The van der Waals surface area contributed by atoms with E-state index >= 15 is 0 Å². The van der Waals surface area contributed by atoms with Crippen molar-refractivity contribution in [2.75, 3.05) is 11.9 Å². The Kier molecular flexibility index (Phi) is 5.95. The Morgan fingerprint density at radius 1 is 1.35 bits per heavy atom. The second-order valence-electron chi connectivity index (χ2n) is 4.82. The lowest BCUT2D eigenvalue weighted by Crippen LogP contribution is -2.30. The fraction of sp³-hybridized carbons (Fsp3) is 0.267. The van der Waals surface area contributed by atoms with Gasteiger partial charge in [-0.3, -0.25) is 10.1 Å². The molecule has 1 aromatic heterocycles. The van der Waals surface area contributed by atoms with E-state index in [0.29, 0.717) is 16.6 Å². The van der Waals surface area contributed by atoms with Crippen LogP contribution in [0.25, 0.3) is 0 Å². The summed E-state index contributed by atoms with van der Waals surface area (Å²) in [5.41, 5.74) is 1.83. The number of rotatable bonds is 6. The Balaban J connectivity index is 1.97. The molecule has 0 radical (unpaired) electrons. The molecule has 23 heavy (non-hydrogen) atoms. The fourth-order valence-electron chi connectivity index (χ4n) is 1.88. The van der Waals surface area contributed by atoms with Crippen molar-refractivity contribution in [2.45, 2.75) is 19.8 Å². The van der Waals surface area contributed by atoms with Crippen molar-refractivity contribution in [3.8, 4) is 0 Å². The van der Waals surface area contributed by atoms with Crippen LogP contribution in [0, 0.1) is 6.92 Å². The number of anilines is 1. The van der Waals surface area contributed by atoms with Crippen LogP contribution in [0.3, 0.4) is 0 Å². The highest BCUT2D eigenvalue weighted by molar-refractivity contribution is 7.15. The molecule has 0 aliphatic carbocycles. The van der Waals surface area contributed by atoms with Gasteiger partial charge in [0.25, 0.3) is 0 Å². The number of carboxylic acids is 1. The van der Waals surface area contributed by atoms with Crippen molar-refractivity contribution in [1.29, 1.82) is 0 Å². The van der Waals surface area contributed by atoms with E-state index in [1.54, 1.807) is 0 Å². The van der Waals surface area contributed by atoms with Gasteiger partial charge in [0.2, 0.25) is 0 Å². The number of benzene rings is 1. The maximum atomic E-state index is 11.7. The van der Waals surface area contributed by atoms with Gasteiger partial charge in [-0.25, -0.2) is 9.78 Å². The smallest absolute Gasteiger partial charge is 0.321 e. The normalized spacial score (nSPS) is 10.3. The van der Waals surface area contributed by atoms with E-state index in [-0.39, 0.29) is 13.0 Å². The van der Waals surface area contributed by atoms with Gasteiger partial charge in [0.05, 0.1) is 12.1 Å². The van der Waals surface area contributed by atoms with Crippen molar-refractivity contribution < 1.29 is 14.7 Å². The van der Waals surface area contributed by atoms with Crippen molar-refractivity contribution in [3.63, 3.8) is 0 Å². The molecule has 0 saturated carbocycles. The van der Waals surface area contributed by atoms with Gasteiger partial charge in [-0.2, -0.15) is 0 Å². The highest BCUT2D eigenvalue weighted by Gasteiger charge is 2.12. The first-order chi connectivity index (χ1) is 11.0. The molecular formula is C15H16ClN3O3S. The lowest BCUT2D eigenvalue weighted by Gasteiger charge is -2.03. The van der Waals surface area contributed by atoms with Crippen LogP contribution in [0.4, 0.5) is 9.93 Å². The zero-order chi connectivity index (χ0) is 16.8. The maximum Gasteiger partial charge on any atom is 0.321 e. The number of nitrogens with zero attached hydrogens (tertiary/aromatic N) is 1. The molecule has 0 fully saturated rings. The molecule has 0 aliphatic heterocycles. The van der Waals surface area contributed by atoms with Crippen LogP contribution in [0.1, 0.15) is 22.6 Å². The van der Waals surface area contributed by atoms with Crippen LogP contribution in [0.2, 0.25) is 5.02 Å². The van der Waals surface area contributed by atoms with Gasteiger partial charge in [0.15, 0.2) is 5.13 Å². The van der Waals surface area contributed by atoms with Gasteiger partial charge >= 0.3 is 12.0 Å². The monoisotopic (exact) mass is 353 g/mol. The lowest BCUT2D eigenvalue weighted by molar-refractivity contribution is -0.136. The zero-order valence-electron chi connectivity index (χ0n) is 12.4. The van der Waals surface area contributed by atoms with E-state index in [9.17, 15) is 9.59 Å². The Labute approximate surface area is 142 Å². The summed E-state index contributed by atoms with van der Waals surface area (Å²) in [7, 11) is 0. The summed E-state index contributed by atoms with van der Waals surface area (Å²) in [6.07, 6.45) is 0.521. The molecule has 6 nitrogen and oxygen atoms in total. The van der Waals surface area contributed by atoms with Crippen LogP contribution in [0.5, 0.6) is 0 Å². The molecule has 1 aromatic carbocycles. The van der Waals surface area contributed by atoms with Crippen LogP contribution in [-0.4, -0.2) is 28.6 Å². The molecule has 2 rings (SSSR count). The Bertz CT molecular complexity index is 718. The highest BCUT2D eigenvalue weighted by Crippen LogP contribution is 2.27. The van der Waals surface area contributed by atoms with Crippen molar-refractivity contribution in [2.24, 2.45) is 0 Å². The summed E-state index contributed by atoms with van der Waals surface area (Å²) < 4.78 is 0. The summed E-state index contributed by atoms with van der Waals surface area (Å²) in [6.45, 7) is 1.94. The molecule has 2 aromatic rings. The highest BCUT2D eigenvalue weighted by atomic mass is 35.5. The van der Waals surface area contributed by atoms with Gasteiger partial charge in [0.1, 0.15) is 0 Å². The Hall–Kier alpha value is -2.12. The van der Waals surface area contributed by atoms with Crippen LogP contribution < -0.4 is 10.6 Å². The molecule has 0 spiro atoms. The summed E-state index contributed by atoms with van der Waals surface area (Å²) in [5, 5.41) is 14.8. The largest absolute Gasteiger partial charge is 0.481 e. The van der Waals surface area contributed by atoms with Gasteiger partial charge in [-0.1, -0.05) is 29.8 Å². The molecule has 0 unspecified atom stereocenters. The molecule has 0 atom stereocenters. The number of aliphatic carboxylic acids is 1. The number of amides is 2. The molecule has 3 N–H and O–H groups in total. The number of halogens is 1. The van der Waals surface area contributed by atoms with Crippen LogP contribution in [-0.2, 0) is 11.2 Å². The quantitative estimate of drug-likeness (QED) is 0.743. The summed E-state index contributed by atoms with van der Waals surface area (Å²) in [5.74, 6) is -0.961. The van der Waals surface area contributed by atoms with Crippen molar-refractivity contribution in [3.05, 3.63) is 45.4 Å². The minimum Gasteiger partial charge on any atom is -0.481 e. The van der Waals surface area contributed by atoms with Crippen molar-refractivity contribution >= 4 is 40.1 Å². The SMILES string of the molecule is Cc1nc(NC(=O)NCCC(=O)O)sc1Cc1ccccc1Cl. The second kappa shape index (κ2) is 7.94. The number of hydrogen-bond donors (Lipinski definition) is 3. The van der Waals surface area contributed by atoms with Gasteiger partial charge in [0, 0.05) is 22.9 Å². The molecule has 0 bridgehead atoms. The number of carboxylic acid groups (broad SMARTS) is 1. The number of hydrogen-bond acceptors (Lipinski definition) is 4. The summed E-state index contributed by atoms with van der Waals surface area (Å²) in [6, 6.07) is 7.12. The molecule has 122 valence electrons. The molecule has 0 saturated heterocycles. The third-order valence-corrected chi connectivity index (χ3v) is 4.49. The first-order valence-electron chi connectivity index (χ1n) is 6.92. The minimum atomic E-state index is -0.961. The van der Waals surface area contributed by atoms with E-state index in [2.05, 4.69) is 15.6 Å². The first kappa shape index (κ1) is 17.2. The van der Waals surface area contributed by atoms with Gasteiger partial charge in [-0.15, -0.1) is 11.3 Å². The fourth-order valence-corrected chi connectivity index (χ4v) is 3.07. The number of thiazole rings is 1. The number of carbonyl (C=O) groups excluding carboxylic acids is 1. The van der Waals surface area contributed by atoms with E-state index < -0.39 is 12.0 Å². The topological polar surface area (TPSA) is 91.3 Å². The standard InChI is InChI=1S/C15H16ClN3O3S/c1-9-12(8-10-4-2-3-5-11(10)16)23-15(18-9)19-14(22)17-7-6-13(20)21/h2-5H,6-8H2,1H3,(H,20,21)(H2,17,18,19,22). The van der Waals surface area contributed by atoms with Crippen LogP contribution >= 0.6 is 22.9 Å². The lowest BCUT2D eigenvalue weighted by atomic mass is 10.1. The van der Waals surface area contributed by atoms with Crippen LogP contribution in [0.15, 0.2) is 24.3 Å². The van der Waals surface area contributed by atoms with E-state index in [0.717, 1.165) is 16.1 Å². The third kappa shape index (κ3) is 5.22. The number of aromatic nitrogens is 1. The zero-order valence-corrected chi connectivity index (χ0v) is 14.0. The summed E-state index contributed by atoms with van der Waals surface area (Å²) >= 11 is 7.53. The van der Waals surface area contributed by atoms with E-state index in [1.165, 1.54) is 11.3 Å². The Morgan fingerprint density at radius 2 is 2.09 bits per heavy atom. The minimum absolute atomic E-state index is 0.0675. The average molecular weight is 354 g/mol. The predicted octanol–water partition coefficient (Wildman–Crippen LogP) is 3.29. The number of nitrogens with one attached hydrogen (secondary N) is 2. The second-order valence-corrected chi connectivity index (χ2v) is 6.31.